The smallest absolute Gasteiger partial charge is 0.379 e. The molecule has 9 fully saturated rings. The molecular formula is C105H199F3N18O11. The predicted molar refractivity (Wildman–Crippen MR) is 551 cm³/mol. The molecule has 0 bridgehead atoms. The fourth-order valence-electron chi connectivity index (χ4n) is 18.5. The highest BCUT2D eigenvalue weighted by Crippen LogP contribution is 2.28. The van der Waals surface area contributed by atoms with Gasteiger partial charge in [0.1, 0.15) is 6.54 Å². The van der Waals surface area contributed by atoms with Crippen molar-refractivity contribution in [2.75, 3.05) is 175 Å². The summed E-state index contributed by atoms with van der Waals surface area (Å²) in [6, 6.07) is 10.7. The first kappa shape index (κ1) is 127. The minimum absolute atomic E-state index is 0.0144. The summed E-state index contributed by atoms with van der Waals surface area (Å²) < 4.78 is 45.8. The van der Waals surface area contributed by atoms with Gasteiger partial charge in [0.2, 0.25) is 53.2 Å². The molecule has 9 amide bonds. The van der Waals surface area contributed by atoms with Crippen molar-refractivity contribution >= 4 is 53.2 Å². The van der Waals surface area contributed by atoms with Crippen molar-refractivity contribution in [1.29, 1.82) is 0 Å². The Labute approximate surface area is 829 Å². The zero-order valence-electron chi connectivity index (χ0n) is 91.5. The summed E-state index contributed by atoms with van der Waals surface area (Å²) in [4.78, 5) is 126. The van der Waals surface area contributed by atoms with Crippen LogP contribution in [0.2, 0.25) is 0 Å². The lowest BCUT2D eigenvalue weighted by molar-refractivity contribution is -0.140. The summed E-state index contributed by atoms with van der Waals surface area (Å²) in [7, 11) is 17.9. The van der Waals surface area contributed by atoms with E-state index in [1.165, 1.54) is 0 Å². The molecular weight excluding hydrogens is 1750 g/mol. The maximum atomic E-state index is 12.3. The molecule has 0 saturated carbocycles. The number of amides is 9. The standard InChI is InChI=1S/C15H22N2O.2C13H26N2O.C12H24N2O3.C12H24N2O.2C11H22N2O.C10H20N2O.C8H13F3N2O/c1-15(2,12-8-5-4-6-9-12)16-14(18)13-10-7-11-17(13)3;1-9(2)12(10(3)4)14-13(16)11-7-6-8-15(11)5;1-5-13(6-2,7-3)14-12(16)11-9-8-10-15(11)4;1-3-16-9-10-17-8-6-13-12(15)11-5-4-7-14(11)2;1-5-12(3,6-2)13-11(15)10-8-7-9-14(10)4;1-11(2,3)8-12-10(14)9-6-5-7-13(9)4;1-5-11(2,3)12-10(14)9-7-6-8-13(9)4;1-8(2)7-11-10(13)9-5-4-6-12(9)3;1-13-4-2-3-6(13)7(14)12-5-8(9,10)11/h4-6,8-9,13H,7,10-11H2,1-3H3,(H,16,18);9-12H,6-8H2,1-5H3,(H,14,16);11H,5-10H2,1-4H3,(H,14,16);11H,3-10H2,1-2H3,(H,13,15);10H,5-9H2,1-4H3,(H,13,15);2*9H,5-8H2,1-4H3,(H,12,14);8-9H,4-7H2,1-3H3,(H,11,13);6H,2-5H2,1H3,(H,12,14)/t13-;3*11-;10-;3*9-;6-/m000000000/s1. The fraction of sp³-hybridized carbons (Fsp3) is 0.857. The highest BCUT2D eigenvalue weighted by Gasteiger charge is 2.40. The lowest BCUT2D eigenvalue weighted by atomic mass is 9.89. The zero-order valence-corrected chi connectivity index (χ0v) is 91.5. The van der Waals surface area contributed by atoms with E-state index in [1.54, 1.807) is 11.9 Å². The van der Waals surface area contributed by atoms with Crippen LogP contribution in [0, 0.1) is 23.2 Å². The number of rotatable bonds is 34. The van der Waals surface area contributed by atoms with Crippen LogP contribution in [0.4, 0.5) is 13.2 Å². The number of alkyl halides is 3. The van der Waals surface area contributed by atoms with Crippen LogP contribution in [0.25, 0.3) is 0 Å². The Bertz CT molecular complexity index is 3530. The molecule has 29 nitrogen and oxygen atoms in total. The average molecular weight is 1950 g/mol. The maximum absolute atomic E-state index is 12.3. The van der Waals surface area contributed by atoms with Crippen LogP contribution in [0.3, 0.4) is 0 Å². The first-order chi connectivity index (χ1) is 64.2. The van der Waals surface area contributed by atoms with Crippen LogP contribution in [-0.4, -0.2) is 355 Å². The molecule has 0 aromatic heterocycles. The Morgan fingerprint density at radius 1 is 0.350 bits per heavy atom. The summed E-state index contributed by atoms with van der Waals surface area (Å²) in [5.41, 5.74) is 0.912. The second-order valence-corrected chi connectivity index (χ2v) is 43.4. The van der Waals surface area contributed by atoms with Crippen LogP contribution in [0.1, 0.15) is 305 Å². The van der Waals surface area contributed by atoms with Gasteiger partial charge in [-0.1, -0.05) is 134 Å². The van der Waals surface area contributed by atoms with Crippen molar-refractivity contribution in [3.63, 3.8) is 0 Å². The van der Waals surface area contributed by atoms with Gasteiger partial charge in [0.25, 0.3) is 0 Å². The van der Waals surface area contributed by atoms with E-state index < -0.39 is 24.7 Å². The Morgan fingerprint density at radius 2 is 0.650 bits per heavy atom. The normalized spacial score (nSPS) is 22.6. The van der Waals surface area contributed by atoms with E-state index in [2.05, 4.69) is 232 Å². The van der Waals surface area contributed by atoms with Crippen molar-refractivity contribution in [1.82, 2.24) is 92.0 Å². The number of nitrogens with zero attached hydrogens (tertiary/aromatic N) is 9. The maximum Gasteiger partial charge on any atom is 0.405 e. The molecule has 1 aromatic carbocycles. The van der Waals surface area contributed by atoms with Crippen LogP contribution < -0.4 is 47.9 Å². The number of benzene rings is 1. The molecule has 0 radical (unpaired) electrons. The molecule has 1 aromatic rings. The average Bonchev–Trinajstić information content (AvgIpc) is 1.78. The highest BCUT2D eigenvalue weighted by atomic mass is 19.4. The summed E-state index contributed by atoms with van der Waals surface area (Å²) in [6.07, 6.45) is 20.2. The topological polar surface area (TPSA) is 310 Å². The first-order valence-corrected chi connectivity index (χ1v) is 52.5. The largest absolute Gasteiger partial charge is 0.405 e. The van der Waals surface area contributed by atoms with Gasteiger partial charge in [-0.15, -0.1) is 0 Å². The van der Waals surface area contributed by atoms with Crippen molar-refractivity contribution in [3.05, 3.63) is 35.9 Å². The molecule has 796 valence electrons. The molecule has 137 heavy (non-hydrogen) atoms. The highest BCUT2D eigenvalue weighted by molar-refractivity contribution is 5.86. The van der Waals surface area contributed by atoms with Gasteiger partial charge in [-0.3, -0.25) is 87.3 Å². The van der Waals surface area contributed by atoms with Crippen LogP contribution in [-0.2, 0) is 58.2 Å². The molecule has 9 atom stereocenters. The van der Waals surface area contributed by atoms with E-state index in [9.17, 15) is 56.3 Å². The van der Waals surface area contributed by atoms with E-state index in [-0.39, 0.29) is 123 Å². The lowest BCUT2D eigenvalue weighted by Gasteiger charge is -2.34. The number of hydrogen-bond donors (Lipinski definition) is 9. The number of ether oxygens (including phenoxy) is 2. The van der Waals surface area contributed by atoms with Gasteiger partial charge >= 0.3 is 6.18 Å². The van der Waals surface area contributed by atoms with Gasteiger partial charge < -0.3 is 57.3 Å². The minimum atomic E-state index is -4.33. The minimum Gasteiger partial charge on any atom is -0.379 e. The Morgan fingerprint density at radius 3 is 0.942 bits per heavy atom. The quantitative estimate of drug-likeness (QED) is 0.0290. The molecule has 10 rings (SSSR count). The third kappa shape index (κ3) is 48.2. The van der Waals surface area contributed by atoms with Gasteiger partial charge in [-0.05, 0) is 347 Å². The Kier molecular flexibility index (Phi) is 59.7. The molecule has 9 heterocycles. The lowest BCUT2D eigenvalue weighted by Crippen LogP contribution is -2.52. The van der Waals surface area contributed by atoms with Crippen molar-refractivity contribution in [2.24, 2.45) is 23.2 Å². The van der Waals surface area contributed by atoms with Crippen LogP contribution in [0.5, 0.6) is 0 Å². The molecule has 0 aliphatic carbocycles. The summed E-state index contributed by atoms with van der Waals surface area (Å²) in [6.45, 7) is 56.9. The predicted octanol–water partition coefficient (Wildman–Crippen LogP) is 12.4. The van der Waals surface area contributed by atoms with Crippen molar-refractivity contribution in [2.45, 2.75) is 388 Å². The summed E-state index contributed by atoms with van der Waals surface area (Å²) in [5, 5.41) is 26.7. The SMILES string of the molecule is CC(C)C(NC(=O)[C@@H]1CCCN1C)C(C)C.CC(C)CNC(=O)[C@@H]1CCCN1C.CCC(C)(C)NC(=O)[C@@H]1CCCN1C.CCC(C)(CC)NC(=O)[C@@H]1CCCN1C.CCC(CC)(CC)NC(=O)[C@@H]1CCCN1C.CCOCCOCCNC(=O)[C@@H]1CCCN1C.CN1CCC[C@H]1C(=O)NC(C)(C)c1ccccc1.CN1CCC[C@H]1C(=O)NCC(C)(C)C.CN1CCC[C@H]1C(=O)NCC(F)(F)F. The van der Waals surface area contributed by atoms with E-state index >= 15 is 0 Å². The Balaban J connectivity index is 0.000000522. The van der Waals surface area contributed by atoms with Crippen molar-refractivity contribution in [3.8, 4) is 0 Å². The van der Waals surface area contributed by atoms with Gasteiger partial charge in [-0.25, -0.2) is 0 Å². The van der Waals surface area contributed by atoms with Crippen molar-refractivity contribution < 1.29 is 65.8 Å². The van der Waals surface area contributed by atoms with Gasteiger partial charge in [-0.2, -0.15) is 13.2 Å². The monoisotopic (exact) mass is 1950 g/mol. The zero-order chi connectivity index (χ0) is 104. The van der Waals surface area contributed by atoms with Crippen LogP contribution in [0.15, 0.2) is 30.3 Å². The molecule has 0 spiro atoms. The fourth-order valence-corrected chi connectivity index (χ4v) is 18.5. The van der Waals surface area contributed by atoms with Gasteiger partial charge in [0, 0.05) is 48.9 Å². The molecule has 9 N–H and O–H groups in total. The number of nitrogens with one attached hydrogen (secondary N) is 9. The summed E-state index contributed by atoms with van der Waals surface area (Å²) in [5.74, 6) is 2.51. The van der Waals surface area contributed by atoms with E-state index in [1.807, 2.05) is 86.8 Å². The van der Waals surface area contributed by atoms with E-state index in [0.29, 0.717) is 63.2 Å². The third-order valence-electron chi connectivity index (χ3n) is 28.9. The van der Waals surface area contributed by atoms with Gasteiger partial charge in [0.05, 0.1) is 79.7 Å². The molecule has 32 heteroatoms. The molecule has 9 aliphatic heterocycles. The summed E-state index contributed by atoms with van der Waals surface area (Å²) >= 11 is 0. The number of carbonyl (C=O) groups is 9. The number of likely N-dealkylation sites (tertiary alicyclic amines) is 9. The number of carbonyl (C=O) groups excluding carboxylic acids is 9. The first-order valence-electron chi connectivity index (χ1n) is 52.5. The van der Waals surface area contributed by atoms with Crippen LogP contribution >= 0.6 is 0 Å². The number of halogens is 3. The van der Waals surface area contributed by atoms with E-state index in [4.69, 9.17) is 9.47 Å². The third-order valence-corrected chi connectivity index (χ3v) is 28.9. The molecule has 0 unspecified atom stereocenters. The second kappa shape index (κ2) is 64.4. The van der Waals surface area contributed by atoms with E-state index in [0.717, 1.165) is 225 Å². The van der Waals surface area contributed by atoms with Gasteiger partial charge in [0.15, 0.2) is 0 Å². The number of likely N-dealkylation sites (N-methyl/N-ethyl adjacent to an activating group) is 9. The molecule has 9 aliphatic rings. The Hall–Kier alpha value is -6.20. The number of hydrogen-bond acceptors (Lipinski definition) is 20. The molecule has 9 saturated heterocycles. The second-order valence-electron chi connectivity index (χ2n) is 43.4.